The zero-order valence-electron chi connectivity index (χ0n) is 8.74. The fourth-order valence-corrected chi connectivity index (χ4v) is 1.78. The van der Waals surface area contributed by atoms with Crippen LogP contribution >= 0.6 is 11.8 Å². The van der Waals surface area contributed by atoms with Crippen molar-refractivity contribution in [2.45, 2.75) is 18.4 Å². The third-order valence-corrected chi connectivity index (χ3v) is 2.55. The molecule has 0 heterocycles. The Morgan fingerprint density at radius 2 is 2.14 bits per heavy atom. The van der Waals surface area contributed by atoms with Crippen molar-refractivity contribution in [1.82, 2.24) is 4.90 Å². The monoisotopic (exact) mass is 206 g/mol. The van der Waals surface area contributed by atoms with Crippen molar-refractivity contribution >= 4 is 11.8 Å². The lowest BCUT2D eigenvalue weighted by molar-refractivity contribution is 0.401. The number of hydrogen-bond acceptors (Lipinski definition) is 3. The lowest BCUT2D eigenvalue weighted by atomic mass is 10.1. The molecule has 1 aromatic rings. The molecule has 0 N–H and O–H groups in total. The first kappa shape index (κ1) is 11.1. The van der Waals surface area contributed by atoms with E-state index in [-0.39, 0.29) is 0 Å². The van der Waals surface area contributed by atoms with E-state index in [0.29, 0.717) is 0 Å². The minimum absolute atomic E-state index is 0.948. The summed E-state index contributed by atoms with van der Waals surface area (Å²) in [5.41, 5.74) is 2.57. The number of hydrogen-bond donors (Lipinski definition) is 0. The molecular weight excluding hydrogens is 192 g/mol. The summed E-state index contributed by atoms with van der Waals surface area (Å²) in [5.74, 6) is 0. The highest BCUT2D eigenvalue weighted by Crippen LogP contribution is 2.20. The molecule has 0 atom stereocenters. The Morgan fingerprint density at radius 3 is 2.64 bits per heavy atom. The summed E-state index contributed by atoms with van der Waals surface area (Å²) in [4.78, 5) is 3.16. The van der Waals surface area contributed by atoms with E-state index < -0.39 is 0 Å². The van der Waals surface area contributed by atoms with Gasteiger partial charge in [0.25, 0.3) is 0 Å². The standard InChI is InChI=1S/C11H14N2S/c1-9-6-11(14-8-12)5-4-10(9)7-13(2)3/h4-6H,7H2,1-3H3. The highest BCUT2D eigenvalue weighted by atomic mass is 32.2. The average Bonchev–Trinajstić information content (AvgIpc) is 2.10. The minimum Gasteiger partial charge on any atom is -0.305 e. The summed E-state index contributed by atoms with van der Waals surface area (Å²) >= 11 is 1.21. The van der Waals surface area contributed by atoms with Crippen LogP contribution in [0.25, 0.3) is 0 Å². The fourth-order valence-electron chi connectivity index (χ4n) is 1.30. The Labute approximate surface area is 89.5 Å². The summed E-state index contributed by atoms with van der Waals surface area (Å²) in [5, 5.41) is 10.6. The van der Waals surface area contributed by atoms with Gasteiger partial charge in [-0.15, -0.1) is 0 Å². The van der Waals surface area contributed by atoms with E-state index in [9.17, 15) is 0 Å². The van der Waals surface area contributed by atoms with Crippen molar-refractivity contribution in [2.75, 3.05) is 14.1 Å². The van der Waals surface area contributed by atoms with Gasteiger partial charge in [-0.1, -0.05) is 6.07 Å². The summed E-state index contributed by atoms with van der Waals surface area (Å²) in [6.45, 7) is 3.03. The van der Waals surface area contributed by atoms with Crippen molar-refractivity contribution in [2.24, 2.45) is 0 Å². The molecule has 0 saturated carbocycles. The lowest BCUT2D eigenvalue weighted by Gasteiger charge is -2.12. The predicted molar refractivity (Wildman–Crippen MR) is 60.0 cm³/mol. The fraction of sp³-hybridized carbons (Fsp3) is 0.364. The first-order chi connectivity index (χ1) is 6.63. The van der Waals surface area contributed by atoms with E-state index in [0.717, 1.165) is 11.4 Å². The van der Waals surface area contributed by atoms with E-state index in [2.05, 4.69) is 43.5 Å². The number of nitrogens with zero attached hydrogens (tertiary/aromatic N) is 2. The van der Waals surface area contributed by atoms with E-state index in [1.807, 2.05) is 6.07 Å². The Morgan fingerprint density at radius 1 is 1.43 bits per heavy atom. The Hall–Kier alpha value is -0.980. The molecule has 0 saturated heterocycles. The van der Waals surface area contributed by atoms with Crippen LogP contribution in [0.15, 0.2) is 23.1 Å². The number of rotatable bonds is 3. The first-order valence-electron chi connectivity index (χ1n) is 4.43. The smallest absolute Gasteiger partial charge is 0.138 e. The molecule has 1 rings (SSSR count). The second-order valence-electron chi connectivity index (χ2n) is 3.52. The van der Waals surface area contributed by atoms with Crippen LogP contribution < -0.4 is 0 Å². The van der Waals surface area contributed by atoms with Gasteiger partial charge in [0.1, 0.15) is 5.40 Å². The van der Waals surface area contributed by atoms with Gasteiger partial charge < -0.3 is 4.90 Å². The third kappa shape index (κ3) is 3.06. The summed E-state index contributed by atoms with van der Waals surface area (Å²) in [6.07, 6.45) is 0. The zero-order chi connectivity index (χ0) is 10.6. The molecule has 14 heavy (non-hydrogen) atoms. The Bertz CT molecular complexity index is 353. The number of benzene rings is 1. The highest BCUT2D eigenvalue weighted by Gasteiger charge is 2.01. The van der Waals surface area contributed by atoms with E-state index in [1.54, 1.807) is 0 Å². The molecule has 0 bridgehead atoms. The summed E-state index contributed by atoms with van der Waals surface area (Å²) in [7, 11) is 4.11. The van der Waals surface area contributed by atoms with Gasteiger partial charge in [0, 0.05) is 11.4 Å². The van der Waals surface area contributed by atoms with Crippen molar-refractivity contribution in [3.8, 4) is 5.40 Å². The largest absolute Gasteiger partial charge is 0.305 e. The molecule has 0 radical (unpaired) electrons. The molecule has 0 spiro atoms. The van der Waals surface area contributed by atoms with Crippen molar-refractivity contribution in [1.29, 1.82) is 5.26 Å². The molecule has 0 aliphatic heterocycles. The number of thiocyanates is 1. The van der Waals surface area contributed by atoms with Gasteiger partial charge in [0.15, 0.2) is 0 Å². The maximum absolute atomic E-state index is 8.53. The number of aryl methyl sites for hydroxylation is 1. The molecule has 0 amide bonds. The van der Waals surface area contributed by atoms with Crippen LogP contribution in [0.3, 0.4) is 0 Å². The SMILES string of the molecule is Cc1cc(SC#N)ccc1CN(C)C. The van der Waals surface area contributed by atoms with Gasteiger partial charge in [0.2, 0.25) is 0 Å². The van der Waals surface area contributed by atoms with E-state index in [1.165, 1.54) is 22.9 Å². The van der Waals surface area contributed by atoms with Crippen LogP contribution in [0.5, 0.6) is 0 Å². The van der Waals surface area contributed by atoms with Gasteiger partial charge >= 0.3 is 0 Å². The maximum atomic E-state index is 8.53. The normalized spacial score (nSPS) is 10.2. The minimum atomic E-state index is 0.948. The quantitative estimate of drug-likeness (QED) is 0.562. The highest BCUT2D eigenvalue weighted by molar-refractivity contribution is 8.03. The van der Waals surface area contributed by atoms with Gasteiger partial charge in [-0.2, -0.15) is 5.26 Å². The van der Waals surface area contributed by atoms with E-state index >= 15 is 0 Å². The zero-order valence-corrected chi connectivity index (χ0v) is 9.56. The van der Waals surface area contributed by atoms with Gasteiger partial charge in [-0.05, 0) is 56.0 Å². The van der Waals surface area contributed by atoms with Gasteiger partial charge in [-0.3, -0.25) is 0 Å². The lowest BCUT2D eigenvalue weighted by Crippen LogP contribution is -2.11. The summed E-state index contributed by atoms with van der Waals surface area (Å²) < 4.78 is 0. The molecule has 2 nitrogen and oxygen atoms in total. The predicted octanol–water partition coefficient (Wildman–Crippen LogP) is 2.63. The van der Waals surface area contributed by atoms with Crippen molar-refractivity contribution < 1.29 is 0 Å². The van der Waals surface area contributed by atoms with Crippen LogP contribution in [-0.4, -0.2) is 19.0 Å². The number of thioether (sulfide) groups is 1. The molecule has 0 aliphatic carbocycles. The number of nitriles is 1. The average molecular weight is 206 g/mol. The third-order valence-electron chi connectivity index (χ3n) is 1.96. The molecule has 1 aromatic carbocycles. The van der Waals surface area contributed by atoms with Crippen LogP contribution in [0.1, 0.15) is 11.1 Å². The molecule has 74 valence electrons. The van der Waals surface area contributed by atoms with Crippen LogP contribution in [0, 0.1) is 17.6 Å². The second kappa shape index (κ2) is 5.04. The second-order valence-corrected chi connectivity index (χ2v) is 4.38. The molecule has 0 aliphatic rings. The molecular formula is C11H14N2S. The van der Waals surface area contributed by atoms with Crippen molar-refractivity contribution in [3.63, 3.8) is 0 Å². The molecule has 0 fully saturated rings. The molecule has 3 heteroatoms. The van der Waals surface area contributed by atoms with Gasteiger partial charge in [0.05, 0.1) is 0 Å². The maximum Gasteiger partial charge on any atom is 0.138 e. The van der Waals surface area contributed by atoms with E-state index in [4.69, 9.17) is 5.26 Å². The molecule has 0 unspecified atom stereocenters. The Balaban J connectivity index is 2.85. The van der Waals surface area contributed by atoms with Crippen LogP contribution in [-0.2, 0) is 6.54 Å². The van der Waals surface area contributed by atoms with Crippen LogP contribution in [0.4, 0.5) is 0 Å². The Kier molecular flexibility index (Phi) is 3.99. The van der Waals surface area contributed by atoms with Crippen LogP contribution in [0.2, 0.25) is 0 Å². The first-order valence-corrected chi connectivity index (χ1v) is 5.25. The molecule has 0 aromatic heterocycles. The summed E-state index contributed by atoms with van der Waals surface area (Å²) in [6, 6.07) is 6.15. The van der Waals surface area contributed by atoms with Crippen molar-refractivity contribution in [3.05, 3.63) is 29.3 Å². The topological polar surface area (TPSA) is 27.0 Å². The van der Waals surface area contributed by atoms with Gasteiger partial charge in [-0.25, -0.2) is 0 Å².